The number of unbranched alkanes of at least 4 members (excludes halogenated alkanes) is 2. The minimum Gasteiger partial charge on any atom is -0.497 e. The number of ether oxygens (including phenoxy) is 6. The molecule has 0 saturated carbocycles. The average molecular weight is 1220 g/mol. The van der Waals surface area contributed by atoms with Crippen LogP contribution in [0.3, 0.4) is 0 Å². The summed E-state index contributed by atoms with van der Waals surface area (Å²) in [5, 5.41) is 0. The van der Waals surface area contributed by atoms with Crippen LogP contribution in [0, 0.1) is 27.7 Å². The molecule has 0 aliphatic carbocycles. The van der Waals surface area contributed by atoms with Crippen molar-refractivity contribution in [1.29, 1.82) is 0 Å². The number of hydrogen-bond donors (Lipinski definition) is 0. The van der Waals surface area contributed by atoms with Crippen molar-refractivity contribution in [2.75, 3.05) is 20.3 Å². The summed E-state index contributed by atoms with van der Waals surface area (Å²) in [5.41, 5.74) is 8.88. The number of benzene rings is 8. The molecule has 0 atom stereocenters. The van der Waals surface area contributed by atoms with Crippen LogP contribution in [-0.2, 0) is 47.0 Å². The molecule has 0 unspecified atom stereocenters. The Morgan fingerprint density at radius 3 is 1.22 bits per heavy atom. The summed E-state index contributed by atoms with van der Waals surface area (Å²) in [6.45, 7) is 23.6. The van der Waals surface area contributed by atoms with Gasteiger partial charge in [-0.15, -0.1) is 23.2 Å². The Hall–Kier alpha value is -7.48. The topological polar surface area (TPSA) is 124 Å². The van der Waals surface area contributed by atoms with E-state index in [0.29, 0.717) is 59.3 Å². The summed E-state index contributed by atoms with van der Waals surface area (Å²) >= 11 is 13.0. The number of methoxy groups -OCH3 is 1. The molecule has 14 heteroatoms. The highest BCUT2D eigenvalue weighted by atomic mass is 35.5. The van der Waals surface area contributed by atoms with Crippen LogP contribution >= 0.6 is 23.2 Å². The van der Waals surface area contributed by atoms with Crippen molar-refractivity contribution in [1.82, 2.24) is 0 Å². The van der Waals surface area contributed by atoms with Crippen LogP contribution in [0.25, 0.3) is 0 Å². The Bertz CT molecular complexity index is 3880. The molecule has 0 fully saturated rings. The van der Waals surface area contributed by atoms with E-state index in [-0.39, 0.29) is 25.5 Å². The number of rotatable bonds is 26. The zero-order valence-corrected chi connectivity index (χ0v) is 53.1. The van der Waals surface area contributed by atoms with Gasteiger partial charge in [-0.1, -0.05) is 76.7 Å². The Balaban J connectivity index is 0.877. The Morgan fingerprint density at radius 1 is 0.471 bits per heavy atom. The first-order valence-electron chi connectivity index (χ1n) is 28.2. The van der Waals surface area contributed by atoms with Crippen LogP contribution in [-0.4, -0.2) is 37.2 Å². The highest BCUT2D eigenvalue weighted by Crippen LogP contribution is 2.42. The predicted molar refractivity (Wildman–Crippen MR) is 341 cm³/mol. The summed E-state index contributed by atoms with van der Waals surface area (Å²) in [6.07, 6.45) is 6.42. The Morgan fingerprint density at radius 2 is 0.835 bits per heavy atom. The number of allylic oxidation sites excluding steroid dienone is 2. The minimum atomic E-state index is -3.90. The van der Waals surface area contributed by atoms with E-state index in [1.165, 1.54) is 19.2 Å². The minimum absolute atomic E-state index is 0.119. The van der Waals surface area contributed by atoms with E-state index in [1.807, 2.05) is 65.0 Å². The fourth-order valence-corrected chi connectivity index (χ4v) is 13.1. The van der Waals surface area contributed by atoms with E-state index in [4.69, 9.17) is 51.6 Å². The largest absolute Gasteiger partial charge is 0.497 e. The molecule has 0 saturated heterocycles. The summed E-state index contributed by atoms with van der Waals surface area (Å²) in [5.74, 6) is 6.08. The van der Waals surface area contributed by atoms with Gasteiger partial charge in [-0.05, 0) is 226 Å². The van der Waals surface area contributed by atoms with Gasteiger partial charge < -0.3 is 28.4 Å². The molecule has 8 aromatic carbocycles. The van der Waals surface area contributed by atoms with Gasteiger partial charge in [0.05, 0.1) is 51.7 Å². The predicted octanol–water partition coefficient (Wildman–Crippen LogP) is 18.8. The van der Waals surface area contributed by atoms with Crippen molar-refractivity contribution in [2.45, 2.75) is 124 Å². The Labute approximate surface area is 512 Å². The van der Waals surface area contributed by atoms with Crippen molar-refractivity contribution in [2.24, 2.45) is 0 Å². The number of aryl methyl sites for hydroxylation is 4. The van der Waals surface area contributed by atoms with Gasteiger partial charge in [0.15, 0.2) is 0 Å². The highest BCUT2D eigenvalue weighted by Gasteiger charge is 2.29. The normalized spacial score (nSPS) is 12.2. The van der Waals surface area contributed by atoms with Gasteiger partial charge in [0.2, 0.25) is 19.7 Å². The smallest absolute Gasteiger partial charge is 0.206 e. The third-order valence-electron chi connectivity index (χ3n) is 15.5. The van der Waals surface area contributed by atoms with Gasteiger partial charge in [-0.2, -0.15) is 0 Å². The van der Waals surface area contributed by atoms with E-state index in [1.54, 1.807) is 91.0 Å². The summed E-state index contributed by atoms with van der Waals surface area (Å²) < 4.78 is 90.7. The molecule has 0 aliphatic heterocycles. The van der Waals surface area contributed by atoms with Gasteiger partial charge in [0.1, 0.15) is 51.8 Å². The third kappa shape index (κ3) is 14.6. The molecule has 0 aliphatic rings. The van der Waals surface area contributed by atoms with Gasteiger partial charge in [0, 0.05) is 22.0 Å². The molecular formula is C71H74Cl2O10S2. The Kier molecular flexibility index (Phi) is 20.4. The fraction of sp³-hybridized carbons (Fsp3) is 0.268. The van der Waals surface area contributed by atoms with Crippen molar-refractivity contribution < 1.29 is 45.3 Å². The van der Waals surface area contributed by atoms with Crippen LogP contribution in [0.15, 0.2) is 202 Å². The van der Waals surface area contributed by atoms with E-state index >= 15 is 0 Å². The van der Waals surface area contributed by atoms with Crippen molar-refractivity contribution in [3.63, 3.8) is 0 Å². The highest BCUT2D eigenvalue weighted by molar-refractivity contribution is 7.91. The lowest BCUT2D eigenvalue weighted by atomic mass is 9.76. The number of alkyl halides is 2. The molecule has 0 heterocycles. The second-order valence-corrected chi connectivity index (χ2v) is 26.5. The molecule has 10 nitrogen and oxygen atoms in total. The zero-order chi connectivity index (χ0) is 61.3. The monoisotopic (exact) mass is 1220 g/mol. The maximum absolute atomic E-state index is 14.0. The standard InChI is InChI=1S/C71H74Cl2O10S2/c1-12-57(13-2)79-37-15-14-16-38-80-66-35-17-53(43-51(66)45-72)70(7,8)54-18-36-67(52(44-54)46-73)81-59-21-29-63(30-22-59)85(76,77)65-33-25-61(26-34-65)83-69-49(5)41-56(42-50(69)6)71(9,10)55-39-47(3)68(48(4)40-55)82-60-23-31-64(32-24-60)84(74,75)62-27-19-58(78-11)20-28-62/h12-13,17-36,39-44H,1,14-16,37-38,45-46H2,2-11H3. The second kappa shape index (κ2) is 27.3. The average Bonchev–Trinajstić information content (AvgIpc) is 2.11. The quantitative estimate of drug-likeness (QED) is 0.0224. The summed E-state index contributed by atoms with van der Waals surface area (Å²) in [6, 6.07) is 46.2. The number of hydrogen-bond acceptors (Lipinski definition) is 10. The van der Waals surface area contributed by atoms with Crippen molar-refractivity contribution in [3.05, 3.63) is 238 Å². The molecule has 8 rings (SSSR count). The molecule has 8 aromatic rings. The number of halogens is 2. The zero-order valence-electron chi connectivity index (χ0n) is 50.0. The molecular weight excluding hydrogens is 1150 g/mol. The van der Waals surface area contributed by atoms with Crippen LogP contribution < -0.4 is 23.7 Å². The van der Waals surface area contributed by atoms with Crippen LogP contribution in [0.1, 0.15) is 110 Å². The van der Waals surface area contributed by atoms with Gasteiger partial charge >= 0.3 is 0 Å². The SMILES string of the molecule is C=CC(=CC)OCCCCCOc1ccc(C(C)(C)c2ccc(Oc3ccc(S(=O)(=O)c4ccc(Oc5c(C)cc(C(C)(C)c6cc(C)c(Oc7ccc(S(=O)(=O)c8ccc(OC)cc8)cc7)c(C)c6)cc5C)cc4)cc3)c(CCl)c2)cc1CCl. The van der Waals surface area contributed by atoms with Crippen molar-refractivity contribution >= 4 is 42.9 Å². The lowest BCUT2D eigenvalue weighted by molar-refractivity contribution is 0.212. The fourth-order valence-electron chi connectivity index (χ4n) is 10.1. The van der Waals surface area contributed by atoms with E-state index in [9.17, 15) is 16.8 Å². The maximum Gasteiger partial charge on any atom is 0.206 e. The van der Waals surface area contributed by atoms with Crippen LogP contribution in [0.4, 0.5) is 0 Å². The molecule has 0 radical (unpaired) electrons. The van der Waals surface area contributed by atoms with Crippen LogP contribution in [0.5, 0.6) is 46.0 Å². The van der Waals surface area contributed by atoms with Crippen molar-refractivity contribution in [3.8, 4) is 46.0 Å². The van der Waals surface area contributed by atoms with Gasteiger partial charge in [-0.3, -0.25) is 0 Å². The lowest BCUT2D eigenvalue weighted by Gasteiger charge is -2.29. The van der Waals surface area contributed by atoms with Gasteiger partial charge in [0.25, 0.3) is 0 Å². The molecule has 0 amide bonds. The van der Waals surface area contributed by atoms with E-state index in [0.717, 1.165) is 86.4 Å². The van der Waals surface area contributed by atoms with E-state index in [2.05, 4.69) is 70.7 Å². The molecule has 0 spiro atoms. The summed E-state index contributed by atoms with van der Waals surface area (Å²) in [4.78, 5) is 0.583. The first-order chi connectivity index (χ1) is 40.5. The summed E-state index contributed by atoms with van der Waals surface area (Å²) in [7, 11) is -6.09. The third-order valence-corrected chi connectivity index (χ3v) is 19.6. The first-order valence-corrected chi connectivity index (χ1v) is 32.2. The number of sulfone groups is 2. The first kappa shape index (κ1) is 63.5. The molecule has 0 aromatic heterocycles. The molecule has 444 valence electrons. The second-order valence-electron chi connectivity index (χ2n) is 22.1. The maximum atomic E-state index is 14.0. The molecule has 85 heavy (non-hydrogen) atoms. The lowest BCUT2D eigenvalue weighted by Crippen LogP contribution is -2.20. The van der Waals surface area contributed by atoms with E-state index < -0.39 is 30.5 Å². The molecule has 0 bridgehead atoms. The van der Waals surface area contributed by atoms with Gasteiger partial charge in [-0.25, -0.2) is 16.8 Å². The molecule has 0 N–H and O–H groups in total. The van der Waals surface area contributed by atoms with Crippen LogP contribution in [0.2, 0.25) is 0 Å².